The van der Waals surface area contributed by atoms with E-state index in [0.29, 0.717) is 12.1 Å². The Bertz CT molecular complexity index is 1100. The maximum absolute atomic E-state index is 12.8. The first-order valence-corrected chi connectivity index (χ1v) is 10.6. The van der Waals surface area contributed by atoms with Crippen LogP contribution in [0.15, 0.2) is 70.2 Å². The number of furan rings is 1. The van der Waals surface area contributed by atoms with Gasteiger partial charge in [-0.25, -0.2) is 4.79 Å². The summed E-state index contributed by atoms with van der Waals surface area (Å²) in [6.45, 7) is 1.87. The number of rotatable bonds is 8. The Morgan fingerprint density at radius 1 is 1.10 bits per heavy atom. The lowest BCUT2D eigenvalue weighted by Crippen LogP contribution is -2.24. The number of hydrogen-bond donors (Lipinski definition) is 3. The number of thioether (sulfide) groups is 1. The number of nitrogens with one attached hydrogen (secondary N) is 2. The Labute approximate surface area is 187 Å². The normalized spacial score (nSPS) is 11.5. The van der Waals surface area contributed by atoms with Crippen molar-refractivity contribution in [3.8, 4) is 0 Å². The maximum atomic E-state index is 12.8. The fraction of sp³-hybridized carbons (Fsp3) is 0.136. The zero-order valence-electron chi connectivity index (χ0n) is 16.4. The minimum absolute atomic E-state index is 0.0281. The molecule has 1 aromatic heterocycles. The van der Waals surface area contributed by atoms with Crippen molar-refractivity contribution in [2.24, 2.45) is 0 Å². The van der Waals surface area contributed by atoms with Crippen LogP contribution in [0, 0.1) is 0 Å². The number of carboxylic acid groups (broad SMARTS) is 1. The van der Waals surface area contributed by atoms with E-state index in [4.69, 9.17) is 21.1 Å². The molecular weight excluding hydrogens is 440 g/mol. The molecule has 0 radical (unpaired) electrons. The first kappa shape index (κ1) is 22.5. The van der Waals surface area contributed by atoms with Crippen LogP contribution in [0.5, 0.6) is 0 Å². The summed E-state index contributed by atoms with van der Waals surface area (Å²) in [5, 5.41) is 14.4. The van der Waals surface area contributed by atoms with Crippen molar-refractivity contribution in [2.75, 3.05) is 10.6 Å². The molecule has 0 aliphatic heterocycles. The molecule has 7 nitrogen and oxygen atoms in total. The molecule has 0 saturated carbocycles. The third-order valence-electron chi connectivity index (χ3n) is 4.25. The van der Waals surface area contributed by atoms with Crippen molar-refractivity contribution in [3.05, 3.63) is 77.2 Å². The van der Waals surface area contributed by atoms with E-state index in [9.17, 15) is 14.4 Å². The molecule has 0 aliphatic carbocycles. The first-order valence-electron chi connectivity index (χ1n) is 9.32. The first-order chi connectivity index (χ1) is 14.9. The smallest absolute Gasteiger partial charge is 0.335 e. The average Bonchev–Trinajstić information content (AvgIpc) is 3.28. The molecule has 160 valence electrons. The summed E-state index contributed by atoms with van der Waals surface area (Å²) in [4.78, 5) is 36.9. The lowest BCUT2D eigenvalue weighted by Gasteiger charge is -2.16. The van der Waals surface area contributed by atoms with Crippen LogP contribution in [0.3, 0.4) is 0 Å². The summed E-state index contributed by atoms with van der Waals surface area (Å²) in [7, 11) is 0. The highest BCUT2D eigenvalue weighted by Gasteiger charge is 2.20. The Hall–Kier alpha value is -3.23. The van der Waals surface area contributed by atoms with Gasteiger partial charge in [-0.3, -0.25) is 9.59 Å². The Balaban J connectivity index is 1.69. The number of carboxylic acids is 1. The number of carbonyl (C=O) groups excluding carboxylic acids is 2. The third kappa shape index (κ3) is 5.90. The van der Waals surface area contributed by atoms with E-state index in [1.54, 1.807) is 30.3 Å². The van der Waals surface area contributed by atoms with Crippen LogP contribution in [0.25, 0.3) is 0 Å². The van der Waals surface area contributed by atoms with E-state index in [0.717, 1.165) is 4.90 Å². The number of hydrogen-bond acceptors (Lipinski definition) is 5. The fourth-order valence-electron chi connectivity index (χ4n) is 2.70. The van der Waals surface area contributed by atoms with Gasteiger partial charge in [-0.1, -0.05) is 24.6 Å². The highest BCUT2D eigenvalue weighted by atomic mass is 35.5. The molecule has 0 saturated heterocycles. The molecule has 0 spiro atoms. The standard InChI is InChI=1S/C22H19ClN2O5S/c1-2-19(21(27)25-17-11-13(22(28)29)8-9-16(17)23)31-15-6-3-5-14(12-15)24-20(26)18-7-4-10-30-18/h3-12,19H,2H2,1H3,(H,24,26)(H,25,27)(H,28,29). The number of anilines is 2. The number of benzene rings is 2. The Kier molecular flexibility index (Phi) is 7.38. The van der Waals surface area contributed by atoms with Crippen molar-refractivity contribution in [2.45, 2.75) is 23.5 Å². The van der Waals surface area contributed by atoms with Crippen molar-refractivity contribution in [1.29, 1.82) is 0 Å². The number of halogens is 1. The van der Waals surface area contributed by atoms with Crippen LogP contribution >= 0.6 is 23.4 Å². The van der Waals surface area contributed by atoms with Gasteiger partial charge < -0.3 is 20.2 Å². The van der Waals surface area contributed by atoms with E-state index >= 15 is 0 Å². The molecule has 0 aliphatic rings. The Morgan fingerprint density at radius 2 is 1.90 bits per heavy atom. The molecule has 9 heteroatoms. The highest BCUT2D eigenvalue weighted by molar-refractivity contribution is 8.00. The van der Waals surface area contributed by atoms with E-state index in [2.05, 4.69) is 10.6 Å². The molecule has 3 rings (SSSR count). The van der Waals surface area contributed by atoms with Crippen LogP contribution < -0.4 is 10.6 Å². The quantitative estimate of drug-likeness (QED) is 0.390. The van der Waals surface area contributed by atoms with Gasteiger partial charge in [-0.05, 0) is 55.0 Å². The van der Waals surface area contributed by atoms with Gasteiger partial charge in [-0.2, -0.15) is 0 Å². The van der Waals surface area contributed by atoms with Crippen LogP contribution in [-0.2, 0) is 4.79 Å². The second-order valence-electron chi connectivity index (χ2n) is 6.46. The lowest BCUT2D eigenvalue weighted by atomic mass is 10.2. The molecule has 1 atom stereocenters. The zero-order chi connectivity index (χ0) is 22.4. The van der Waals surface area contributed by atoms with E-state index < -0.39 is 11.2 Å². The number of amides is 2. The van der Waals surface area contributed by atoms with Gasteiger partial charge in [0.1, 0.15) is 0 Å². The van der Waals surface area contributed by atoms with Crippen LogP contribution in [0.1, 0.15) is 34.3 Å². The summed E-state index contributed by atoms with van der Waals surface area (Å²) in [5.41, 5.74) is 0.837. The van der Waals surface area contributed by atoms with Crippen LogP contribution in [0.2, 0.25) is 5.02 Å². The molecule has 31 heavy (non-hydrogen) atoms. The van der Waals surface area contributed by atoms with Gasteiger partial charge in [0.2, 0.25) is 5.91 Å². The van der Waals surface area contributed by atoms with Gasteiger partial charge in [0, 0.05) is 10.6 Å². The summed E-state index contributed by atoms with van der Waals surface area (Å²) in [6.07, 6.45) is 1.94. The molecule has 1 unspecified atom stereocenters. The van der Waals surface area contributed by atoms with Crippen molar-refractivity contribution in [3.63, 3.8) is 0 Å². The third-order valence-corrected chi connectivity index (χ3v) is 5.94. The maximum Gasteiger partial charge on any atom is 0.335 e. The molecule has 3 aromatic rings. The fourth-order valence-corrected chi connectivity index (χ4v) is 3.88. The number of carbonyl (C=O) groups is 3. The summed E-state index contributed by atoms with van der Waals surface area (Å²) >= 11 is 7.43. The van der Waals surface area contributed by atoms with Crippen LogP contribution in [0.4, 0.5) is 11.4 Å². The van der Waals surface area contributed by atoms with Gasteiger partial charge in [0.05, 0.1) is 27.8 Å². The molecule has 2 aromatic carbocycles. The predicted molar refractivity (Wildman–Crippen MR) is 120 cm³/mol. The number of aromatic carboxylic acids is 1. The minimum atomic E-state index is -1.11. The van der Waals surface area contributed by atoms with E-state index in [1.807, 2.05) is 13.0 Å². The van der Waals surface area contributed by atoms with E-state index in [1.165, 1.54) is 36.2 Å². The minimum Gasteiger partial charge on any atom is -0.478 e. The molecule has 0 fully saturated rings. The van der Waals surface area contributed by atoms with Crippen LogP contribution in [-0.4, -0.2) is 28.1 Å². The van der Waals surface area contributed by atoms with Gasteiger partial charge in [-0.15, -0.1) is 11.8 Å². The van der Waals surface area contributed by atoms with Gasteiger partial charge >= 0.3 is 5.97 Å². The average molecular weight is 459 g/mol. The second kappa shape index (κ2) is 10.2. The SMILES string of the molecule is CCC(Sc1cccc(NC(=O)c2ccco2)c1)C(=O)Nc1cc(C(=O)O)ccc1Cl. The summed E-state index contributed by atoms with van der Waals surface area (Å²) in [5.74, 6) is -1.59. The molecule has 0 bridgehead atoms. The van der Waals surface area contributed by atoms with Gasteiger partial charge in [0.25, 0.3) is 5.91 Å². The molecule has 2 amide bonds. The molecular formula is C22H19ClN2O5S. The zero-order valence-corrected chi connectivity index (χ0v) is 18.0. The van der Waals surface area contributed by atoms with Gasteiger partial charge in [0.15, 0.2) is 5.76 Å². The van der Waals surface area contributed by atoms with Crippen molar-refractivity contribution < 1.29 is 23.9 Å². The summed E-state index contributed by atoms with van der Waals surface area (Å²) < 4.78 is 5.08. The molecule has 1 heterocycles. The van der Waals surface area contributed by atoms with Crippen molar-refractivity contribution in [1.82, 2.24) is 0 Å². The topological polar surface area (TPSA) is 109 Å². The second-order valence-corrected chi connectivity index (χ2v) is 8.15. The Morgan fingerprint density at radius 3 is 2.58 bits per heavy atom. The monoisotopic (exact) mass is 458 g/mol. The summed E-state index contributed by atoms with van der Waals surface area (Å²) in [6, 6.07) is 14.4. The lowest BCUT2D eigenvalue weighted by molar-refractivity contribution is -0.115. The van der Waals surface area contributed by atoms with Crippen molar-refractivity contribution >= 4 is 52.5 Å². The van der Waals surface area contributed by atoms with E-state index in [-0.39, 0.29) is 33.8 Å². The predicted octanol–water partition coefficient (Wildman–Crippen LogP) is 5.39. The highest BCUT2D eigenvalue weighted by Crippen LogP contribution is 2.30. The largest absolute Gasteiger partial charge is 0.478 e. The molecule has 3 N–H and O–H groups in total.